The number of anilines is 1. The van der Waals surface area contributed by atoms with Crippen molar-refractivity contribution in [3.63, 3.8) is 0 Å². The molecule has 2 rings (SSSR count). The smallest absolute Gasteiger partial charge is 0.165 e. The summed E-state index contributed by atoms with van der Waals surface area (Å²) >= 11 is 0. The third-order valence-corrected chi connectivity index (χ3v) is 2.68. The van der Waals surface area contributed by atoms with Gasteiger partial charge in [-0.1, -0.05) is 12.2 Å². The van der Waals surface area contributed by atoms with Gasteiger partial charge in [-0.15, -0.1) is 0 Å². The van der Waals surface area contributed by atoms with Gasteiger partial charge in [0.15, 0.2) is 11.6 Å². The number of nitrogens with zero attached hydrogens (tertiary/aromatic N) is 1. The topological polar surface area (TPSA) is 23.5 Å². The number of phenolic OH excluding ortho intramolecular Hbond substituents is 1. The number of likely N-dealkylation sites (N-methyl/N-ethyl adjacent to an activating group) is 1. The number of hydrogen-bond acceptors (Lipinski definition) is 2. The van der Waals surface area contributed by atoms with E-state index in [1.165, 1.54) is 6.07 Å². The average Bonchev–Trinajstić information content (AvgIpc) is 2.17. The Kier molecular flexibility index (Phi) is 1.95. The third kappa shape index (κ3) is 1.16. The van der Waals surface area contributed by atoms with Crippen molar-refractivity contribution in [3.05, 3.63) is 29.6 Å². The van der Waals surface area contributed by atoms with Gasteiger partial charge >= 0.3 is 0 Å². The van der Waals surface area contributed by atoms with Gasteiger partial charge in [0.25, 0.3) is 0 Å². The minimum Gasteiger partial charge on any atom is -0.504 e. The summed E-state index contributed by atoms with van der Waals surface area (Å²) in [6, 6.07) is 3.24. The minimum absolute atomic E-state index is 0.266. The van der Waals surface area contributed by atoms with E-state index in [9.17, 15) is 9.50 Å². The van der Waals surface area contributed by atoms with E-state index < -0.39 is 5.82 Å². The molecule has 0 amide bonds. The van der Waals surface area contributed by atoms with Crippen LogP contribution in [0.4, 0.5) is 10.1 Å². The summed E-state index contributed by atoms with van der Waals surface area (Å²) in [6.45, 7) is 2.04. The molecule has 0 bridgehead atoms. The highest BCUT2D eigenvalue weighted by atomic mass is 19.1. The van der Waals surface area contributed by atoms with Crippen LogP contribution in [0.15, 0.2) is 18.2 Å². The molecule has 0 saturated heterocycles. The summed E-state index contributed by atoms with van der Waals surface area (Å²) in [5, 5.41) is 9.49. The van der Waals surface area contributed by atoms with E-state index in [2.05, 4.69) is 0 Å². The lowest BCUT2D eigenvalue weighted by atomic mass is 10.0. The lowest BCUT2D eigenvalue weighted by Gasteiger charge is -2.30. The number of aromatic hydroxyl groups is 1. The Labute approximate surface area is 82.3 Å². The summed E-state index contributed by atoms with van der Waals surface area (Å²) in [5.41, 5.74) is 1.42. The Bertz CT molecular complexity index is 401. The van der Waals surface area contributed by atoms with E-state index in [4.69, 9.17) is 0 Å². The number of phenols is 1. The number of hydrogen-bond donors (Lipinski definition) is 1. The normalized spacial score (nSPS) is 19.6. The molecule has 1 unspecified atom stereocenters. The maximum atomic E-state index is 13.0. The largest absolute Gasteiger partial charge is 0.504 e. The van der Waals surface area contributed by atoms with Gasteiger partial charge in [0.1, 0.15) is 0 Å². The van der Waals surface area contributed by atoms with Crippen molar-refractivity contribution in [1.29, 1.82) is 0 Å². The Hall–Kier alpha value is -1.51. The number of fused-ring (bicyclic) bond motifs is 1. The SMILES string of the molecule is CC1C=Cc2c(ccc(F)c2O)N1C. The summed E-state index contributed by atoms with van der Waals surface area (Å²) in [5.74, 6) is -0.839. The number of rotatable bonds is 0. The molecule has 1 aliphatic heterocycles. The highest BCUT2D eigenvalue weighted by molar-refractivity contribution is 5.76. The summed E-state index contributed by atoms with van der Waals surface area (Å²) < 4.78 is 13.0. The average molecular weight is 193 g/mol. The minimum atomic E-state index is -0.573. The lowest BCUT2D eigenvalue weighted by Crippen LogP contribution is -2.29. The van der Waals surface area contributed by atoms with Gasteiger partial charge in [0, 0.05) is 24.3 Å². The van der Waals surface area contributed by atoms with Gasteiger partial charge in [-0.05, 0) is 19.1 Å². The van der Waals surface area contributed by atoms with Crippen molar-refractivity contribution < 1.29 is 9.50 Å². The van der Waals surface area contributed by atoms with Crippen molar-refractivity contribution in [2.24, 2.45) is 0 Å². The molecule has 0 fully saturated rings. The van der Waals surface area contributed by atoms with Crippen LogP contribution in [-0.2, 0) is 0 Å². The Morgan fingerprint density at radius 2 is 2.14 bits per heavy atom. The van der Waals surface area contributed by atoms with Crippen molar-refractivity contribution in [1.82, 2.24) is 0 Å². The number of halogens is 1. The van der Waals surface area contributed by atoms with Crippen LogP contribution >= 0.6 is 0 Å². The first-order chi connectivity index (χ1) is 6.61. The van der Waals surface area contributed by atoms with E-state index in [1.807, 2.05) is 24.9 Å². The fourth-order valence-electron chi connectivity index (χ4n) is 1.63. The second-order valence-electron chi connectivity index (χ2n) is 3.54. The molecule has 1 aromatic rings. The predicted octanol–water partition coefficient (Wildman–Crippen LogP) is 2.38. The van der Waals surface area contributed by atoms with E-state index >= 15 is 0 Å². The molecule has 0 spiro atoms. The molecular formula is C11H12FNO. The first-order valence-corrected chi connectivity index (χ1v) is 4.53. The Morgan fingerprint density at radius 3 is 2.86 bits per heavy atom. The zero-order valence-electron chi connectivity index (χ0n) is 8.16. The summed E-state index contributed by atoms with van der Waals surface area (Å²) in [6.07, 6.45) is 3.69. The first-order valence-electron chi connectivity index (χ1n) is 4.53. The molecule has 0 saturated carbocycles. The van der Waals surface area contributed by atoms with Crippen LogP contribution in [-0.4, -0.2) is 18.2 Å². The number of benzene rings is 1. The van der Waals surface area contributed by atoms with Crippen molar-refractivity contribution in [2.75, 3.05) is 11.9 Å². The zero-order chi connectivity index (χ0) is 10.3. The van der Waals surface area contributed by atoms with E-state index in [0.717, 1.165) is 5.69 Å². The second kappa shape index (κ2) is 3.01. The van der Waals surface area contributed by atoms with Crippen LogP contribution in [0, 0.1) is 5.82 Å². The van der Waals surface area contributed by atoms with Crippen LogP contribution < -0.4 is 4.90 Å². The van der Waals surface area contributed by atoms with Crippen LogP contribution in [0.2, 0.25) is 0 Å². The molecule has 1 N–H and O–H groups in total. The Balaban J connectivity index is 2.62. The van der Waals surface area contributed by atoms with Gasteiger partial charge in [-0.3, -0.25) is 0 Å². The fraction of sp³-hybridized carbons (Fsp3) is 0.273. The molecular weight excluding hydrogens is 181 g/mol. The van der Waals surface area contributed by atoms with Gasteiger partial charge in [-0.2, -0.15) is 0 Å². The second-order valence-corrected chi connectivity index (χ2v) is 3.54. The van der Waals surface area contributed by atoms with Gasteiger partial charge in [-0.25, -0.2) is 4.39 Å². The van der Waals surface area contributed by atoms with Crippen LogP contribution in [0.1, 0.15) is 12.5 Å². The molecule has 0 radical (unpaired) electrons. The van der Waals surface area contributed by atoms with Gasteiger partial charge in [0.2, 0.25) is 0 Å². The van der Waals surface area contributed by atoms with Crippen LogP contribution in [0.3, 0.4) is 0 Å². The quantitative estimate of drug-likeness (QED) is 0.683. The maximum Gasteiger partial charge on any atom is 0.165 e. The van der Waals surface area contributed by atoms with Crippen LogP contribution in [0.25, 0.3) is 6.08 Å². The molecule has 0 aromatic heterocycles. The van der Waals surface area contributed by atoms with Crippen molar-refractivity contribution in [3.8, 4) is 5.75 Å². The maximum absolute atomic E-state index is 13.0. The van der Waals surface area contributed by atoms with E-state index in [0.29, 0.717) is 5.56 Å². The predicted molar refractivity (Wildman–Crippen MR) is 55.0 cm³/mol. The van der Waals surface area contributed by atoms with E-state index in [-0.39, 0.29) is 11.8 Å². The summed E-state index contributed by atoms with van der Waals surface area (Å²) in [4.78, 5) is 1.99. The molecule has 1 heterocycles. The van der Waals surface area contributed by atoms with Gasteiger partial charge < -0.3 is 10.0 Å². The van der Waals surface area contributed by atoms with Crippen molar-refractivity contribution in [2.45, 2.75) is 13.0 Å². The van der Waals surface area contributed by atoms with Crippen molar-refractivity contribution >= 4 is 11.8 Å². The zero-order valence-corrected chi connectivity index (χ0v) is 8.16. The Morgan fingerprint density at radius 1 is 1.43 bits per heavy atom. The highest BCUT2D eigenvalue weighted by Crippen LogP contribution is 2.35. The monoisotopic (exact) mass is 193 g/mol. The molecule has 1 aromatic carbocycles. The molecule has 3 heteroatoms. The van der Waals surface area contributed by atoms with Crippen LogP contribution in [0.5, 0.6) is 5.75 Å². The molecule has 1 atom stereocenters. The lowest BCUT2D eigenvalue weighted by molar-refractivity contribution is 0.431. The highest BCUT2D eigenvalue weighted by Gasteiger charge is 2.19. The van der Waals surface area contributed by atoms with Gasteiger partial charge in [0.05, 0.1) is 0 Å². The van der Waals surface area contributed by atoms with E-state index in [1.54, 1.807) is 12.1 Å². The molecule has 2 nitrogen and oxygen atoms in total. The standard InChI is InChI=1S/C11H12FNO/c1-7-3-4-8-10(13(7)2)6-5-9(12)11(8)14/h3-7,14H,1-2H3. The third-order valence-electron chi connectivity index (χ3n) is 2.68. The molecule has 0 aliphatic carbocycles. The molecule has 1 aliphatic rings. The first kappa shape index (κ1) is 9.06. The summed E-state index contributed by atoms with van der Waals surface area (Å²) in [7, 11) is 1.92. The molecule has 74 valence electrons. The fourth-order valence-corrected chi connectivity index (χ4v) is 1.63. The molecule has 14 heavy (non-hydrogen) atoms.